The fourth-order valence-electron chi connectivity index (χ4n) is 2.48. The van der Waals surface area contributed by atoms with E-state index in [4.69, 9.17) is 18.6 Å². The lowest BCUT2D eigenvalue weighted by molar-refractivity contribution is 0.227. The summed E-state index contributed by atoms with van der Waals surface area (Å²) in [5.41, 5.74) is 0.102. The third-order valence-corrected chi connectivity index (χ3v) is 3.41. The van der Waals surface area contributed by atoms with Gasteiger partial charge in [0.2, 0.25) is 11.6 Å². The second-order valence-electron chi connectivity index (χ2n) is 5.40. The van der Waals surface area contributed by atoms with Crippen molar-refractivity contribution in [3.8, 4) is 23.1 Å². The Balaban J connectivity index is 2.32. The van der Waals surface area contributed by atoms with Crippen LogP contribution < -0.4 is 19.6 Å². The Kier molecular flexibility index (Phi) is 4.16. The molecule has 0 aliphatic heterocycles. The van der Waals surface area contributed by atoms with Crippen LogP contribution in [-0.4, -0.2) is 29.9 Å². The maximum absolute atomic E-state index is 12.6. The van der Waals surface area contributed by atoms with Gasteiger partial charge >= 0.3 is 0 Å². The molecule has 0 aliphatic rings. The van der Waals surface area contributed by atoms with Gasteiger partial charge in [-0.2, -0.15) is 0 Å². The van der Waals surface area contributed by atoms with Gasteiger partial charge in [-0.1, -0.05) is 0 Å². The molecule has 2 aromatic heterocycles. The van der Waals surface area contributed by atoms with E-state index in [1.54, 1.807) is 29.4 Å². The number of imidazole rings is 1. The van der Waals surface area contributed by atoms with E-state index in [1.165, 1.54) is 20.3 Å². The molecule has 126 valence electrons. The molecule has 0 saturated heterocycles. The maximum atomic E-state index is 12.6. The summed E-state index contributed by atoms with van der Waals surface area (Å²) in [6.45, 7) is 3.79. The summed E-state index contributed by atoms with van der Waals surface area (Å²) < 4.78 is 24.0. The van der Waals surface area contributed by atoms with Gasteiger partial charge in [-0.25, -0.2) is 4.98 Å². The van der Waals surface area contributed by atoms with E-state index in [2.05, 4.69) is 4.98 Å². The van der Waals surface area contributed by atoms with E-state index in [1.807, 2.05) is 13.8 Å². The number of methoxy groups -OCH3 is 2. The zero-order valence-electron chi connectivity index (χ0n) is 13.9. The van der Waals surface area contributed by atoms with E-state index < -0.39 is 0 Å². The highest BCUT2D eigenvalue weighted by Gasteiger charge is 2.21. The highest BCUT2D eigenvalue weighted by atomic mass is 16.5. The second kappa shape index (κ2) is 6.27. The molecule has 0 saturated carbocycles. The first kappa shape index (κ1) is 15.9. The van der Waals surface area contributed by atoms with E-state index >= 15 is 0 Å². The number of hydrogen-bond acceptors (Lipinski definition) is 6. The van der Waals surface area contributed by atoms with Crippen molar-refractivity contribution < 1.29 is 18.6 Å². The van der Waals surface area contributed by atoms with Gasteiger partial charge in [-0.15, -0.1) is 0 Å². The smallest absolute Gasteiger partial charge is 0.209 e. The Bertz CT molecular complexity index is 913. The highest BCUT2D eigenvalue weighted by molar-refractivity contribution is 5.89. The minimum absolute atomic E-state index is 0.0791. The first-order valence-electron chi connectivity index (χ1n) is 7.43. The third kappa shape index (κ3) is 2.68. The third-order valence-electron chi connectivity index (χ3n) is 3.41. The zero-order valence-corrected chi connectivity index (χ0v) is 13.9. The maximum Gasteiger partial charge on any atom is 0.209 e. The van der Waals surface area contributed by atoms with Crippen LogP contribution in [0.15, 0.2) is 40.1 Å². The van der Waals surface area contributed by atoms with E-state index in [9.17, 15) is 4.79 Å². The molecular weight excluding hydrogens is 312 g/mol. The van der Waals surface area contributed by atoms with Gasteiger partial charge in [0.15, 0.2) is 16.9 Å². The Morgan fingerprint density at radius 3 is 2.50 bits per heavy atom. The molecule has 0 unspecified atom stereocenters. The summed E-state index contributed by atoms with van der Waals surface area (Å²) in [7, 11) is 2.97. The van der Waals surface area contributed by atoms with Crippen LogP contribution in [0.4, 0.5) is 0 Å². The van der Waals surface area contributed by atoms with Crippen LogP contribution in [0.3, 0.4) is 0 Å². The highest BCUT2D eigenvalue weighted by Crippen LogP contribution is 2.42. The van der Waals surface area contributed by atoms with Gasteiger partial charge in [0.25, 0.3) is 0 Å². The average Bonchev–Trinajstić information content (AvgIpc) is 3.07. The summed E-state index contributed by atoms with van der Waals surface area (Å²) >= 11 is 0. The average molecular weight is 330 g/mol. The van der Waals surface area contributed by atoms with Crippen molar-refractivity contribution in [2.45, 2.75) is 20.0 Å². The van der Waals surface area contributed by atoms with Gasteiger partial charge in [-0.3, -0.25) is 9.36 Å². The minimum atomic E-state index is -0.244. The fraction of sp³-hybridized carbons (Fsp3) is 0.294. The lowest BCUT2D eigenvalue weighted by Crippen LogP contribution is -2.10. The van der Waals surface area contributed by atoms with Crippen LogP contribution in [0, 0.1) is 0 Å². The molecule has 0 N–H and O–H groups in total. The molecule has 0 spiro atoms. The van der Waals surface area contributed by atoms with Crippen LogP contribution >= 0.6 is 0 Å². The summed E-state index contributed by atoms with van der Waals surface area (Å²) in [5.74, 6) is 1.45. The molecule has 7 heteroatoms. The number of benzene rings is 1. The van der Waals surface area contributed by atoms with E-state index in [0.29, 0.717) is 28.4 Å². The quantitative estimate of drug-likeness (QED) is 0.716. The first-order chi connectivity index (χ1) is 11.5. The lowest BCUT2D eigenvalue weighted by atomic mass is 10.1. The molecular formula is C17H18N2O5. The minimum Gasteiger partial charge on any atom is -0.492 e. The zero-order chi connectivity index (χ0) is 17.3. The normalized spacial score (nSPS) is 11.0. The summed E-state index contributed by atoms with van der Waals surface area (Å²) in [6.07, 6.45) is 4.77. The predicted octanol–water partition coefficient (Wildman–Crippen LogP) is 2.78. The van der Waals surface area contributed by atoms with Gasteiger partial charge in [0.05, 0.1) is 20.3 Å². The summed E-state index contributed by atoms with van der Waals surface area (Å²) in [5, 5.41) is 0.300. The van der Waals surface area contributed by atoms with Crippen molar-refractivity contribution >= 4 is 11.0 Å². The Labute approximate surface area is 138 Å². The number of aromatic nitrogens is 2. The predicted molar refractivity (Wildman–Crippen MR) is 88.5 cm³/mol. The van der Waals surface area contributed by atoms with Gasteiger partial charge in [0.1, 0.15) is 17.3 Å². The number of nitrogens with zero attached hydrogens (tertiary/aromatic N) is 2. The first-order valence-corrected chi connectivity index (χ1v) is 7.43. The molecule has 1 aromatic carbocycles. The molecule has 3 rings (SSSR count). The van der Waals surface area contributed by atoms with Crippen LogP contribution in [0.1, 0.15) is 13.8 Å². The van der Waals surface area contributed by atoms with Crippen molar-refractivity contribution in [1.29, 1.82) is 0 Å². The van der Waals surface area contributed by atoms with Crippen molar-refractivity contribution in [1.82, 2.24) is 9.55 Å². The largest absolute Gasteiger partial charge is 0.492 e. The second-order valence-corrected chi connectivity index (χ2v) is 5.40. The Morgan fingerprint density at radius 2 is 1.92 bits per heavy atom. The molecule has 0 fully saturated rings. The van der Waals surface area contributed by atoms with Crippen molar-refractivity contribution in [2.24, 2.45) is 0 Å². The van der Waals surface area contributed by atoms with Crippen molar-refractivity contribution in [2.75, 3.05) is 14.2 Å². The number of hydrogen-bond donors (Lipinski definition) is 0. The monoisotopic (exact) mass is 330 g/mol. The number of rotatable bonds is 5. The van der Waals surface area contributed by atoms with Gasteiger partial charge < -0.3 is 18.6 Å². The molecule has 2 heterocycles. The molecule has 0 amide bonds. The molecule has 0 radical (unpaired) electrons. The van der Waals surface area contributed by atoms with Crippen LogP contribution in [0.25, 0.3) is 16.9 Å². The molecule has 7 nitrogen and oxygen atoms in total. The van der Waals surface area contributed by atoms with Crippen LogP contribution in [0.2, 0.25) is 0 Å². The molecule has 0 aliphatic carbocycles. The lowest BCUT2D eigenvalue weighted by Gasteiger charge is -2.17. The van der Waals surface area contributed by atoms with E-state index in [0.717, 1.165) is 0 Å². The van der Waals surface area contributed by atoms with Crippen molar-refractivity contribution in [3.63, 3.8) is 0 Å². The van der Waals surface area contributed by atoms with Crippen LogP contribution in [0.5, 0.6) is 17.2 Å². The SMILES string of the molecule is COc1c(OC(C)C)cc2oc(-n3ccnc3)cc(=O)c2c1OC. The number of fused-ring (bicyclic) bond motifs is 1. The van der Waals surface area contributed by atoms with Gasteiger partial charge in [-0.05, 0) is 13.8 Å². The molecule has 0 bridgehead atoms. The Hall–Kier alpha value is -2.96. The summed E-state index contributed by atoms with van der Waals surface area (Å²) in [4.78, 5) is 16.6. The van der Waals surface area contributed by atoms with Gasteiger partial charge in [0, 0.05) is 24.5 Å². The van der Waals surface area contributed by atoms with Crippen LogP contribution in [-0.2, 0) is 0 Å². The molecule has 24 heavy (non-hydrogen) atoms. The number of ether oxygens (including phenoxy) is 3. The topological polar surface area (TPSA) is 75.7 Å². The Morgan fingerprint density at radius 1 is 1.17 bits per heavy atom. The summed E-state index contributed by atoms with van der Waals surface area (Å²) in [6, 6.07) is 3.02. The fourth-order valence-corrected chi connectivity index (χ4v) is 2.48. The molecule has 0 atom stereocenters. The van der Waals surface area contributed by atoms with E-state index in [-0.39, 0.29) is 17.3 Å². The molecule has 3 aromatic rings. The standard InChI is InChI=1S/C17H18N2O5/c1-10(2)23-13-8-12-15(17(22-4)16(13)21-3)11(20)7-14(24-12)19-6-5-18-9-19/h5-10H,1-4H3. The van der Waals surface area contributed by atoms with Crippen molar-refractivity contribution in [3.05, 3.63) is 41.1 Å².